The summed E-state index contributed by atoms with van der Waals surface area (Å²) in [6.45, 7) is 1.84. The van der Waals surface area contributed by atoms with Crippen molar-refractivity contribution in [3.8, 4) is 0 Å². The predicted octanol–water partition coefficient (Wildman–Crippen LogP) is 5.09. The number of rotatable bonds is 4. The molecule has 25 heavy (non-hydrogen) atoms. The molecule has 3 rings (SSSR count). The summed E-state index contributed by atoms with van der Waals surface area (Å²) in [5.74, 6) is -0.0234. The average molecular weight is 373 g/mol. The second-order valence-electron chi connectivity index (χ2n) is 5.26. The summed E-state index contributed by atoms with van der Waals surface area (Å²) in [4.78, 5) is 20.8. The van der Waals surface area contributed by atoms with Crippen LogP contribution in [-0.2, 0) is 0 Å². The fourth-order valence-electron chi connectivity index (χ4n) is 2.14. The lowest BCUT2D eigenvalue weighted by atomic mass is 10.2. The molecular weight excluding hydrogens is 359 g/mol. The van der Waals surface area contributed by atoms with Gasteiger partial charge in [-0.3, -0.25) is 4.79 Å². The number of carbonyl (C=O) groups is 1. The minimum Gasteiger partial charge on any atom is -0.324 e. The van der Waals surface area contributed by atoms with Crippen LogP contribution in [0.5, 0.6) is 0 Å². The van der Waals surface area contributed by atoms with E-state index in [9.17, 15) is 4.79 Å². The highest BCUT2D eigenvalue weighted by molar-refractivity contribution is 6.31. The molecule has 0 saturated heterocycles. The molecule has 0 aliphatic carbocycles. The van der Waals surface area contributed by atoms with Gasteiger partial charge in [0.05, 0.1) is 0 Å². The van der Waals surface area contributed by atoms with E-state index in [2.05, 4.69) is 20.6 Å². The van der Waals surface area contributed by atoms with Gasteiger partial charge in [0.1, 0.15) is 5.69 Å². The maximum Gasteiger partial charge on any atom is 0.274 e. The van der Waals surface area contributed by atoms with Gasteiger partial charge >= 0.3 is 0 Å². The molecule has 0 aliphatic rings. The van der Waals surface area contributed by atoms with Gasteiger partial charge < -0.3 is 10.6 Å². The van der Waals surface area contributed by atoms with E-state index in [1.165, 1.54) is 6.20 Å². The maximum absolute atomic E-state index is 12.4. The number of benzene rings is 2. The van der Waals surface area contributed by atoms with Gasteiger partial charge in [-0.1, -0.05) is 29.3 Å². The summed E-state index contributed by atoms with van der Waals surface area (Å²) in [7, 11) is 0. The third-order valence-corrected chi connectivity index (χ3v) is 4.17. The van der Waals surface area contributed by atoms with Gasteiger partial charge in [0.25, 0.3) is 5.91 Å². The molecule has 7 heteroatoms. The van der Waals surface area contributed by atoms with E-state index >= 15 is 0 Å². The van der Waals surface area contributed by atoms with Crippen molar-refractivity contribution in [3.05, 3.63) is 76.0 Å². The summed E-state index contributed by atoms with van der Waals surface area (Å²) in [6, 6.07) is 14.0. The van der Waals surface area contributed by atoms with Gasteiger partial charge in [-0.15, -0.1) is 0 Å². The van der Waals surface area contributed by atoms with Crippen LogP contribution in [0, 0.1) is 6.92 Å². The van der Waals surface area contributed by atoms with Gasteiger partial charge in [-0.05, 0) is 55.0 Å². The van der Waals surface area contributed by atoms with Crippen LogP contribution in [0.4, 0.5) is 17.3 Å². The standard InChI is InChI=1S/C18H14Cl2N4O/c1-11-14(20)3-2-4-15(11)23-17(25)16-9-10-21-18(24-16)22-13-7-5-12(19)6-8-13/h2-10H,1H3,(H,23,25)(H,21,22,24). The van der Waals surface area contributed by atoms with Crippen molar-refractivity contribution in [3.63, 3.8) is 0 Å². The fraction of sp³-hybridized carbons (Fsp3) is 0.0556. The molecule has 1 aromatic heterocycles. The fourth-order valence-corrected chi connectivity index (χ4v) is 2.44. The Balaban J connectivity index is 1.77. The topological polar surface area (TPSA) is 66.9 Å². The van der Waals surface area contributed by atoms with Crippen LogP contribution in [0.25, 0.3) is 0 Å². The van der Waals surface area contributed by atoms with Crippen LogP contribution < -0.4 is 10.6 Å². The number of anilines is 3. The quantitative estimate of drug-likeness (QED) is 0.669. The summed E-state index contributed by atoms with van der Waals surface area (Å²) >= 11 is 11.9. The number of nitrogens with one attached hydrogen (secondary N) is 2. The summed E-state index contributed by atoms with van der Waals surface area (Å²) < 4.78 is 0. The Morgan fingerprint density at radius 3 is 2.56 bits per heavy atom. The highest BCUT2D eigenvalue weighted by atomic mass is 35.5. The molecule has 0 spiro atoms. The van der Waals surface area contributed by atoms with E-state index < -0.39 is 0 Å². The van der Waals surface area contributed by atoms with Crippen LogP contribution >= 0.6 is 23.2 Å². The zero-order chi connectivity index (χ0) is 17.8. The Hall–Kier alpha value is -2.63. The molecule has 0 unspecified atom stereocenters. The van der Waals surface area contributed by atoms with Gasteiger partial charge in [0, 0.05) is 27.6 Å². The van der Waals surface area contributed by atoms with E-state index in [4.69, 9.17) is 23.2 Å². The molecule has 0 bridgehead atoms. The molecule has 0 radical (unpaired) electrons. The molecule has 126 valence electrons. The predicted molar refractivity (Wildman–Crippen MR) is 101 cm³/mol. The van der Waals surface area contributed by atoms with Crippen LogP contribution in [0.2, 0.25) is 10.0 Å². The molecule has 2 N–H and O–H groups in total. The number of aromatic nitrogens is 2. The molecule has 0 saturated carbocycles. The first kappa shape index (κ1) is 17.2. The van der Waals surface area contributed by atoms with Crippen LogP contribution in [0.3, 0.4) is 0 Å². The average Bonchev–Trinajstić information content (AvgIpc) is 2.61. The molecule has 0 aliphatic heterocycles. The van der Waals surface area contributed by atoms with Crippen LogP contribution in [-0.4, -0.2) is 15.9 Å². The Kier molecular flexibility index (Phi) is 5.16. The highest BCUT2D eigenvalue weighted by Crippen LogP contribution is 2.23. The Labute approximate surface area is 155 Å². The largest absolute Gasteiger partial charge is 0.324 e. The van der Waals surface area contributed by atoms with Gasteiger partial charge in [0.2, 0.25) is 5.95 Å². The molecule has 1 amide bonds. The number of hydrogen-bond donors (Lipinski definition) is 2. The number of carbonyl (C=O) groups excluding carboxylic acids is 1. The number of halogens is 2. The Bertz CT molecular complexity index is 913. The minimum absolute atomic E-state index is 0.242. The SMILES string of the molecule is Cc1c(Cl)cccc1NC(=O)c1ccnc(Nc2ccc(Cl)cc2)n1. The summed E-state index contributed by atoms with van der Waals surface area (Å²) in [5, 5.41) is 7.06. The smallest absolute Gasteiger partial charge is 0.274 e. The lowest BCUT2D eigenvalue weighted by molar-refractivity contribution is 0.102. The van der Waals surface area contributed by atoms with Crippen molar-refractivity contribution < 1.29 is 4.79 Å². The number of nitrogens with zero attached hydrogens (tertiary/aromatic N) is 2. The Morgan fingerprint density at radius 2 is 1.80 bits per heavy atom. The van der Waals surface area contributed by atoms with Crippen molar-refractivity contribution in [2.75, 3.05) is 10.6 Å². The first-order valence-electron chi connectivity index (χ1n) is 7.45. The molecule has 2 aromatic carbocycles. The van der Waals surface area contributed by atoms with Crippen LogP contribution in [0.15, 0.2) is 54.7 Å². The van der Waals surface area contributed by atoms with Crippen molar-refractivity contribution in [1.29, 1.82) is 0 Å². The minimum atomic E-state index is -0.341. The highest BCUT2D eigenvalue weighted by Gasteiger charge is 2.11. The van der Waals surface area contributed by atoms with Crippen molar-refractivity contribution >= 4 is 46.4 Å². The van der Waals surface area contributed by atoms with Gasteiger partial charge in [-0.25, -0.2) is 9.97 Å². The van der Waals surface area contributed by atoms with Crippen molar-refractivity contribution in [2.24, 2.45) is 0 Å². The first-order valence-corrected chi connectivity index (χ1v) is 8.20. The maximum atomic E-state index is 12.4. The zero-order valence-corrected chi connectivity index (χ0v) is 14.8. The monoisotopic (exact) mass is 372 g/mol. The second kappa shape index (κ2) is 7.51. The third kappa shape index (κ3) is 4.26. The first-order chi connectivity index (χ1) is 12.0. The zero-order valence-electron chi connectivity index (χ0n) is 13.3. The molecule has 3 aromatic rings. The second-order valence-corrected chi connectivity index (χ2v) is 6.11. The van der Waals surface area contributed by atoms with Gasteiger partial charge in [-0.2, -0.15) is 0 Å². The lowest BCUT2D eigenvalue weighted by Crippen LogP contribution is -2.15. The normalized spacial score (nSPS) is 10.4. The van der Waals surface area contributed by atoms with E-state index in [1.54, 1.807) is 48.5 Å². The van der Waals surface area contributed by atoms with Crippen LogP contribution in [0.1, 0.15) is 16.1 Å². The molecule has 5 nitrogen and oxygen atoms in total. The number of amides is 1. The lowest BCUT2D eigenvalue weighted by Gasteiger charge is -2.10. The molecule has 0 fully saturated rings. The van der Waals surface area contributed by atoms with E-state index in [0.29, 0.717) is 21.7 Å². The molecule has 1 heterocycles. The summed E-state index contributed by atoms with van der Waals surface area (Å²) in [6.07, 6.45) is 1.52. The van der Waals surface area contributed by atoms with E-state index in [1.807, 2.05) is 6.92 Å². The Morgan fingerprint density at radius 1 is 1.04 bits per heavy atom. The summed E-state index contributed by atoms with van der Waals surface area (Å²) in [5.41, 5.74) is 2.45. The molecule has 0 atom stereocenters. The van der Waals surface area contributed by atoms with Crippen molar-refractivity contribution in [2.45, 2.75) is 6.92 Å². The van der Waals surface area contributed by atoms with Crippen molar-refractivity contribution in [1.82, 2.24) is 9.97 Å². The third-order valence-electron chi connectivity index (χ3n) is 3.50. The van der Waals surface area contributed by atoms with Gasteiger partial charge in [0.15, 0.2) is 0 Å². The van der Waals surface area contributed by atoms with E-state index in [-0.39, 0.29) is 11.6 Å². The number of hydrogen-bond acceptors (Lipinski definition) is 4. The molecular formula is C18H14Cl2N4O. The van der Waals surface area contributed by atoms with E-state index in [0.717, 1.165) is 11.3 Å².